The summed E-state index contributed by atoms with van der Waals surface area (Å²) in [4.78, 5) is 19.0. The van der Waals surface area contributed by atoms with Gasteiger partial charge in [-0.15, -0.1) is 0 Å². The Morgan fingerprint density at radius 1 is 1.13 bits per heavy atom. The molecule has 160 valence electrons. The summed E-state index contributed by atoms with van der Waals surface area (Å²) in [5.41, 5.74) is 10.8. The Morgan fingerprint density at radius 3 is 2.57 bits per heavy atom. The quantitative estimate of drug-likeness (QED) is 0.701. The lowest BCUT2D eigenvalue weighted by atomic mass is 9.74. The highest BCUT2D eigenvalue weighted by Crippen LogP contribution is 2.49. The third kappa shape index (κ3) is 3.15. The van der Waals surface area contributed by atoms with E-state index in [1.54, 1.807) is 0 Å². The second kappa shape index (κ2) is 7.93. The summed E-state index contributed by atoms with van der Waals surface area (Å²) in [5.74, 6) is 0.257. The lowest BCUT2D eigenvalue weighted by Crippen LogP contribution is -2.38. The maximum absolute atomic E-state index is 13.4. The summed E-state index contributed by atoms with van der Waals surface area (Å²) in [6.45, 7) is 8.55. The molecule has 0 unspecified atom stereocenters. The predicted octanol–water partition coefficient (Wildman–Crippen LogP) is 5.54. The van der Waals surface area contributed by atoms with Gasteiger partial charge in [0, 0.05) is 29.8 Å². The van der Waals surface area contributed by atoms with E-state index in [-0.39, 0.29) is 11.3 Å². The van der Waals surface area contributed by atoms with E-state index in [1.165, 1.54) is 22.1 Å². The molecule has 2 aliphatic rings. The van der Waals surface area contributed by atoms with E-state index in [1.807, 2.05) is 25.1 Å². The van der Waals surface area contributed by atoms with Crippen LogP contribution in [0.2, 0.25) is 0 Å². The third-order valence-corrected chi connectivity index (χ3v) is 6.87. The topological polar surface area (TPSA) is 60.5 Å². The average molecular weight is 407 g/mol. The number of benzene rings is 1. The zero-order valence-electron chi connectivity index (χ0n) is 19.0. The van der Waals surface area contributed by atoms with Crippen LogP contribution in [0.1, 0.15) is 83.0 Å². The fraction of sp³-hybridized carbons (Fsp3) is 0.520. The Bertz CT molecular complexity index is 1040. The average Bonchev–Trinajstić information content (AvgIpc) is 3.17. The molecule has 0 bridgehead atoms. The van der Waals surface area contributed by atoms with Gasteiger partial charge in [0.2, 0.25) is 5.91 Å². The minimum atomic E-state index is -0.387. The number of likely N-dealkylation sites (N-methyl/N-ethyl adjacent to an activating group) is 1. The number of aromatic amines is 1. The van der Waals surface area contributed by atoms with Crippen molar-refractivity contribution in [3.05, 3.63) is 40.7 Å². The van der Waals surface area contributed by atoms with Gasteiger partial charge in [0.05, 0.1) is 16.8 Å². The van der Waals surface area contributed by atoms with Crippen LogP contribution in [0.5, 0.6) is 0 Å². The molecule has 2 aliphatic heterocycles. The van der Waals surface area contributed by atoms with Crippen molar-refractivity contribution in [2.24, 2.45) is 5.10 Å². The van der Waals surface area contributed by atoms with Crippen molar-refractivity contribution in [2.75, 3.05) is 11.9 Å². The number of H-pyrrole nitrogens is 1. The number of anilines is 1. The SMILES string of the molecule is CCCC1(CCC)C(=O)N(C)c2cc3c4c([nH]c3cc21)/C(C)=N/N/C=C(\C)CCC4. The summed E-state index contributed by atoms with van der Waals surface area (Å²) >= 11 is 0. The molecule has 0 aliphatic carbocycles. The standard InChI is InChI=1S/C25H34N4O/c1-6-11-25(12-7-2)20-14-21-19(13-22(20)29(5)24(25)30)18-10-8-9-16(3)15-26-28-17(4)23(18)27-21/h13-15,26-27H,6-12H2,1-5H3/b16-15+,28-17+. The van der Waals surface area contributed by atoms with Gasteiger partial charge < -0.3 is 9.88 Å². The van der Waals surface area contributed by atoms with Crippen molar-refractivity contribution in [3.8, 4) is 0 Å². The molecule has 4 rings (SSSR count). The second-order valence-electron chi connectivity index (χ2n) is 9.01. The van der Waals surface area contributed by atoms with Gasteiger partial charge in [-0.05, 0) is 69.2 Å². The first-order valence-corrected chi connectivity index (χ1v) is 11.4. The van der Waals surface area contributed by atoms with E-state index in [4.69, 9.17) is 0 Å². The zero-order chi connectivity index (χ0) is 21.5. The molecular formula is C25H34N4O. The number of rotatable bonds is 4. The molecule has 0 saturated heterocycles. The summed E-state index contributed by atoms with van der Waals surface area (Å²) in [6.07, 6.45) is 8.95. The van der Waals surface area contributed by atoms with Gasteiger partial charge in [0.15, 0.2) is 0 Å². The first-order chi connectivity index (χ1) is 14.4. The third-order valence-electron chi connectivity index (χ3n) is 6.87. The number of allylic oxidation sites excluding steroid dienone is 1. The molecule has 1 aromatic heterocycles. The number of fused-ring (bicyclic) bond motifs is 4. The molecular weight excluding hydrogens is 372 g/mol. The number of amides is 1. The molecule has 0 radical (unpaired) electrons. The van der Waals surface area contributed by atoms with E-state index in [0.717, 1.165) is 67.6 Å². The van der Waals surface area contributed by atoms with E-state index in [2.05, 4.69) is 48.4 Å². The molecule has 1 amide bonds. The lowest BCUT2D eigenvalue weighted by Gasteiger charge is -2.27. The number of hydrazone groups is 1. The fourth-order valence-electron chi connectivity index (χ4n) is 5.43. The minimum absolute atomic E-state index is 0.257. The van der Waals surface area contributed by atoms with E-state index in [9.17, 15) is 4.79 Å². The van der Waals surface area contributed by atoms with Crippen molar-refractivity contribution >= 4 is 28.2 Å². The number of aryl methyl sites for hydroxylation is 1. The Hall–Kier alpha value is -2.56. The lowest BCUT2D eigenvalue weighted by molar-refractivity contribution is -0.123. The second-order valence-corrected chi connectivity index (χ2v) is 9.01. The summed E-state index contributed by atoms with van der Waals surface area (Å²) in [6, 6.07) is 4.51. The maximum Gasteiger partial charge on any atom is 0.237 e. The van der Waals surface area contributed by atoms with Crippen LogP contribution in [0, 0.1) is 0 Å². The van der Waals surface area contributed by atoms with Crippen molar-refractivity contribution in [3.63, 3.8) is 0 Å². The number of nitrogens with one attached hydrogen (secondary N) is 2. The number of nitrogens with zero attached hydrogens (tertiary/aromatic N) is 2. The van der Waals surface area contributed by atoms with Crippen molar-refractivity contribution < 1.29 is 4.79 Å². The molecule has 2 N–H and O–H groups in total. The summed E-state index contributed by atoms with van der Waals surface area (Å²) in [7, 11) is 1.94. The predicted molar refractivity (Wildman–Crippen MR) is 125 cm³/mol. The van der Waals surface area contributed by atoms with Gasteiger partial charge >= 0.3 is 0 Å². The van der Waals surface area contributed by atoms with Gasteiger partial charge in [-0.25, -0.2) is 0 Å². The first-order valence-electron chi connectivity index (χ1n) is 11.4. The summed E-state index contributed by atoms with van der Waals surface area (Å²) in [5, 5.41) is 5.79. The normalized spacial score (nSPS) is 22.0. The number of hydrogen-bond donors (Lipinski definition) is 2. The number of aromatic nitrogens is 1. The minimum Gasteiger partial charge on any atom is -0.353 e. The highest BCUT2D eigenvalue weighted by Gasteiger charge is 2.48. The van der Waals surface area contributed by atoms with Crippen LogP contribution in [0.3, 0.4) is 0 Å². The molecule has 5 heteroatoms. The number of hydrogen-bond acceptors (Lipinski definition) is 3. The zero-order valence-corrected chi connectivity index (χ0v) is 19.0. The Labute approximate surface area is 179 Å². The molecule has 30 heavy (non-hydrogen) atoms. The van der Waals surface area contributed by atoms with Crippen LogP contribution < -0.4 is 10.3 Å². The van der Waals surface area contributed by atoms with Gasteiger partial charge in [-0.3, -0.25) is 10.2 Å². The Morgan fingerprint density at radius 2 is 1.87 bits per heavy atom. The molecule has 0 saturated carbocycles. The molecule has 2 aromatic rings. The molecule has 0 spiro atoms. The molecule has 1 aromatic carbocycles. The van der Waals surface area contributed by atoms with Crippen LogP contribution in [-0.4, -0.2) is 23.7 Å². The van der Waals surface area contributed by atoms with Gasteiger partial charge in [-0.1, -0.05) is 32.3 Å². The van der Waals surface area contributed by atoms with Gasteiger partial charge in [-0.2, -0.15) is 5.10 Å². The van der Waals surface area contributed by atoms with Crippen molar-refractivity contribution in [2.45, 2.75) is 78.1 Å². The Kier molecular flexibility index (Phi) is 5.48. The first kappa shape index (κ1) is 20.7. The van der Waals surface area contributed by atoms with Crippen molar-refractivity contribution in [1.29, 1.82) is 0 Å². The van der Waals surface area contributed by atoms with Crippen LogP contribution in [0.25, 0.3) is 10.9 Å². The molecule has 0 atom stereocenters. The van der Waals surface area contributed by atoms with E-state index in [0.29, 0.717) is 0 Å². The van der Waals surface area contributed by atoms with Crippen LogP contribution in [-0.2, 0) is 16.6 Å². The van der Waals surface area contributed by atoms with Crippen molar-refractivity contribution in [1.82, 2.24) is 10.4 Å². The fourth-order valence-corrected chi connectivity index (χ4v) is 5.43. The van der Waals surface area contributed by atoms with Crippen LogP contribution >= 0.6 is 0 Å². The monoisotopic (exact) mass is 406 g/mol. The van der Waals surface area contributed by atoms with Gasteiger partial charge in [0.1, 0.15) is 0 Å². The smallest absolute Gasteiger partial charge is 0.237 e. The molecule has 3 heterocycles. The molecule has 0 fully saturated rings. The highest BCUT2D eigenvalue weighted by atomic mass is 16.2. The Balaban J connectivity index is 1.91. The number of carbonyl (C=O) groups excluding carboxylic acids is 1. The van der Waals surface area contributed by atoms with Gasteiger partial charge in [0.25, 0.3) is 0 Å². The van der Waals surface area contributed by atoms with Crippen LogP contribution in [0.4, 0.5) is 5.69 Å². The largest absolute Gasteiger partial charge is 0.353 e. The summed E-state index contributed by atoms with van der Waals surface area (Å²) < 4.78 is 0. The maximum atomic E-state index is 13.4. The van der Waals surface area contributed by atoms with Crippen LogP contribution in [0.15, 0.2) is 29.0 Å². The van der Waals surface area contributed by atoms with E-state index >= 15 is 0 Å². The molecule has 5 nitrogen and oxygen atoms in total. The highest BCUT2D eigenvalue weighted by molar-refractivity contribution is 6.11. The number of carbonyl (C=O) groups is 1. The van der Waals surface area contributed by atoms with E-state index < -0.39 is 0 Å².